The predicted molar refractivity (Wildman–Crippen MR) is 220 cm³/mol. The van der Waals surface area contributed by atoms with Gasteiger partial charge in [-0.25, -0.2) is 0 Å². The van der Waals surface area contributed by atoms with E-state index in [0.29, 0.717) is 0 Å². The van der Waals surface area contributed by atoms with Crippen LogP contribution in [-0.2, 0) is 0 Å². The standard InChI is InChI=1S/C50H33NO/c1-3-11-35(12-4-1)43-17-9-10-18-45(43)39-24-29-49-47(32-39)48-33-42(27-30-50(48)52-49)51(40-14-5-2-6-15-40)41-25-21-34(22-26-41)37-23-28-46-38(31-37)20-19-36-13-7-8-16-44(36)46/h1-33H. The van der Waals surface area contributed by atoms with E-state index in [9.17, 15) is 0 Å². The van der Waals surface area contributed by atoms with E-state index in [1.54, 1.807) is 0 Å². The van der Waals surface area contributed by atoms with Crippen molar-refractivity contribution in [3.63, 3.8) is 0 Å². The molecule has 10 aromatic rings. The minimum atomic E-state index is 0.875. The van der Waals surface area contributed by atoms with E-state index < -0.39 is 0 Å². The number of para-hydroxylation sites is 1. The molecule has 2 nitrogen and oxygen atoms in total. The molecule has 10 rings (SSSR count). The molecule has 244 valence electrons. The SMILES string of the molecule is c1ccc(-c2ccccc2-c2ccc3oc4ccc(N(c5ccccc5)c5ccc(-c6ccc7c(ccc8ccccc87)c6)cc5)cc4c3c2)cc1. The van der Waals surface area contributed by atoms with Crippen LogP contribution in [-0.4, -0.2) is 0 Å². The number of hydrogen-bond acceptors (Lipinski definition) is 2. The average Bonchev–Trinajstić information content (AvgIpc) is 3.59. The second kappa shape index (κ2) is 12.5. The van der Waals surface area contributed by atoms with Gasteiger partial charge in [0, 0.05) is 27.8 Å². The molecule has 0 aliphatic heterocycles. The highest BCUT2D eigenvalue weighted by atomic mass is 16.3. The van der Waals surface area contributed by atoms with E-state index in [1.807, 2.05) is 0 Å². The Morgan fingerprint density at radius 3 is 1.65 bits per heavy atom. The fourth-order valence-electron chi connectivity index (χ4n) is 7.70. The second-order valence-corrected chi connectivity index (χ2v) is 13.3. The van der Waals surface area contributed by atoms with Crippen molar-refractivity contribution in [1.82, 2.24) is 0 Å². The van der Waals surface area contributed by atoms with Crippen molar-refractivity contribution < 1.29 is 4.42 Å². The Hall–Kier alpha value is -6.90. The van der Waals surface area contributed by atoms with Gasteiger partial charge in [-0.15, -0.1) is 0 Å². The molecule has 2 heteroatoms. The van der Waals surface area contributed by atoms with Crippen molar-refractivity contribution in [2.45, 2.75) is 0 Å². The summed E-state index contributed by atoms with van der Waals surface area (Å²) >= 11 is 0. The molecule has 0 saturated carbocycles. The number of rotatable bonds is 6. The maximum absolute atomic E-state index is 6.40. The molecule has 0 aliphatic carbocycles. The summed E-state index contributed by atoms with van der Waals surface area (Å²) in [5.74, 6) is 0. The molecule has 0 spiro atoms. The smallest absolute Gasteiger partial charge is 0.135 e. The number of hydrogen-bond donors (Lipinski definition) is 0. The molecule has 9 aromatic carbocycles. The highest BCUT2D eigenvalue weighted by Gasteiger charge is 2.17. The maximum atomic E-state index is 6.40. The van der Waals surface area contributed by atoms with Crippen LogP contribution in [0.1, 0.15) is 0 Å². The quantitative estimate of drug-likeness (QED) is 0.165. The lowest BCUT2D eigenvalue weighted by Crippen LogP contribution is -2.09. The average molecular weight is 664 g/mol. The number of anilines is 3. The summed E-state index contributed by atoms with van der Waals surface area (Å²) in [6.07, 6.45) is 0. The summed E-state index contributed by atoms with van der Waals surface area (Å²) in [6.45, 7) is 0. The largest absolute Gasteiger partial charge is 0.456 e. The van der Waals surface area contributed by atoms with E-state index in [4.69, 9.17) is 4.42 Å². The monoisotopic (exact) mass is 663 g/mol. The van der Waals surface area contributed by atoms with Crippen molar-refractivity contribution >= 4 is 60.5 Å². The van der Waals surface area contributed by atoms with Gasteiger partial charge in [-0.3, -0.25) is 0 Å². The van der Waals surface area contributed by atoms with E-state index in [1.165, 1.54) is 49.4 Å². The topological polar surface area (TPSA) is 16.4 Å². The summed E-state index contributed by atoms with van der Waals surface area (Å²) in [4.78, 5) is 2.32. The van der Waals surface area contributed by atoms with Gasteiger partial charge in [0.1, 0.15) is 11.2 Å². The molecule has 0 aliphatic rings. The Labute approximate surface area is 302 Å². The number of nitrogens with zero attached hydrogens (tertiary/aromatic N) is 1. The first-order valence-corrected chi connectivity index (χ1v) is 17.8. The Morgan fingerprint density at radius 2 is 0.846 bits per heavy atom. The first kappa shape index (κ1) is 30.0. The molecular weight excluding hydrogens is 631 g/mol. The minimum absolute atomic E-state index is 0.875. The Kier molecular flexibility index (Phi) is 7.18. The van der Waals surface area contributed by atoms with Gasteiger partial charge in [0.2, 0.25) is 0 Å². The van der Waals surface area contributed by atoms with Crippen LogP contribution in [0.25, 0.3) is 76.9 Å². The summed E-state index contributed by atoms with van der Waals surface area (Å²) < 4.78 is 6.40. The zero-order chi connectivity index (χ0) is 34.4. The fourth-order valence-corrected chi connectivity index (χ4v) is 7.70. The van der Waals surface area contributed by atoms with Gasteiger partial charge < -0.3 is 9.32 Å². The molecule has 0 amide bonds. The van der Waals surface area contributed by atoms with Crippen LogP contribution in [0.3, 0.4) is 0 Å². The molecule has 0 N–H and O–H groups in total. The van der Waals surface area contributed by atoms with Crippen molar-refractivity contribution in [3.8, 4) is 33.4 Å². The zero-order valence-corrected chi connectivity index (χ0v) is 28.4. The van der Waals surface area contributed by atoms with Gasteiger partial charge in [0.15, 0.2) is 0 Å². The first-order chi connectivity index (χ1) is 25.8. The third-order valence-corrected chi connectivity index (χ3v) is 10.3. The molecule has 0 saturated heterocycles. The van der Waals surface area contributed by atoms with E-state index in [0.717, 1.165) is 44.6 Å². The normalized spacial score (nSPS) is 11.5. The van der Waals surface area contributed by atoms with Crippen LogP contribution in [0.4, 0.5) is 17.1 Å². The van der Waals surface area contributed by atoms with Crippen LogP contribution in [0.5, 0.6) is 0 Å². The van der Waals surface area contributed by atoms with Crippen LogP contribution in [0, 0.1) is 0 Å². The van der Waals surface area contributed by atoms with E-state index in [-0.39, 0.29) is 0 Å². The van der Waals surface area contributed by atoms with E-state index >= 15 is 0 Å². The van der Waals surface area contributed by atoms with Crippen molar-refractivity contribution in [3.05, 3.63) is 200 Å². The molecule has 52 heavy (non-hydrogen) atoms. The second-order valence-electron chi connectivity index (χ2n) is 13.3. The van der Waals surface area contributed by atoms with Gasteiger partial charge in [-0.2, -0.15) is 0 Å². The van der Waals surface area contributed by atoms with Gasteiger partial charge in [-0.1, -0.05) is 140 Å². The lowest BCUT2D eigenvalue weighted by molar-refractivity contribution is 0.669. The molecule has 0 fully saturated rings. The summed E-state index contributed by atoms with van der Waals surface area (Å²) in [6, 6.07) is 71.6. The molecule has 0 radical (unpaired) electrons. The van der Waals surface area contributed by atoms with E-state index in [2.05, 4.69) is 205 Å². The lowest BCUT2D eigenvalue weighted by Gasteiger charge is -2.25. The van der Waals surface area contributed by atoms with Gasteiger partial charge >= 0.3 is 0 Å². The summed E-state index contributed by atoms with van der Waals surface area (Å²) in [5.41, 5.74) is 12.2. The number of furan rings is 1. The van der Waals surface area contributed by atoms with Crippen LogP contribution >= 0.6 is 0 Å². The van der Waals surface area contributed by atoms with Crippen LogP contribution in [0.2, 0.25) is 0 Å². The Balaban J connectivity index is 1.05. The van der Waals surface area contributed by atoms with Crippen molar-refractivity contribution in [2.24, 2.45) is 0 Å². The molecule has 1 heterocycles. The first-order valence-electron chi connectivity index (χ1n) is 17.8. The molecule has 1 aromatic heterocycles. The number of benzene rings is 9. The van der Waals surface area contributed by atoms with Crippen molar-refractivity contribution in [1.29, 1.82) is 0 Å². The van der Waals surface area contributed by atoms with Gasteiger partial charge in [0.25, 0.3) is 0 Å². The minimum Gasteiger partial charge on any atom is -0.456 e. The predicted octanol–water partition coefficient (Wildman–Crippen LogP) is 14.4. The van der Waals surface area contributed by atoms with Crippen molar-refractivity contribution in [2.75, 3.05) is 4.90 Å². The Bertz CT molecular complexity index is 2890. The highest BCUT2D eigenvalue weighted by Crippen LogP contribution is 2.41. The maximum Gasteiger partial charge on any atom is 0.135 e. The highest BCUT2D eigenvalue weighted by molar-refractivity contribution is 6.09. The fraction of sp³-hybridized carbons (Fsp3) is 0. The number of fused-ring (bicyclic) bond motifs is 6. The van der Waals surface area contributed by atoms with Gasteiger partial charge in [0.05, 0.1) is 0 Å². The molecule has 0 atom stereocenters. The van der Waals surface area contributed by atoms with Crippen LogP contribution < -0.4 is 4.90 Å². The third kappa shape index (κ3) is 5.21. The molecular formula is C50H33NO. The summed E-state index contributed by atoms with van der Waals surface area (Å²) in [5, 5.41) is 7.28. The van der Waals surface area contributed by atoms with Crippen LogP contribution in [0.15, 0.2) is 205 Å². The summed E-state index contributed by atoms with van der Waals surface area (Å²) in [7, 11) is 0. The Morgan fingerprint density at radius 1 is 0.288 bits per heavy atom. The van der Waals surface area contributed by atoms with Gasteiger partial charge in [-0.05, 0) is 116 Å². The zero-order valence-electron chi connectivity index (χ0n) is 28.4. The molecule has 0 unspecified atom stereocenters. The lowest BCUT2D eigenvalue weighted by atomic mass is 9.94. The third-order valence-electron chi connectivity index (χ3n) is 10.3. The molecule has 0 bridgehead atoms.